The van der Waals surface area contributed by atoms with Crippen LogP contribution >= 0.6 is 11.8 Å². The normalized spacial score (nSPS) is 24.7. The third-order valence-electron chi connectivity index (χ3n) is 2.60. The van der Waals surface area contributed by atoms with E-state index in [4.69, 9.17) is 4.74 Å². The molecule has 1 aliphatic rings. The number of carbonyl (C=O) groups is 1. The van der Waals surface area contributed by atoms with Gasteiger partial charge in [-0.2, -0.15) is 5.10 Å². The van der Waals surface area contributed by atoms with Gasteiger partial charge in [-0.25, -0.2) is 4.98 Å². The summed E-state index contributed by atoms with van der Waals surface area (Å²) in [5.41, 5.74) is 0. The minimum atomic E-state index is -0.0370. The molecule has 0 amide bonds. The molecule has 0 spiro atoms. The third kappa shape index (κ3) is 2.75. The number of aromatic amines is 1. The maximum absolute atomic E-state index is 11.5. The molecule has 0 aliphatic carbocycles. The van der Waals surface area contributed by atoms with Crippen LogP contribution in [0.1, 0.15) is 26.2 Å². The molecular weight excluding hydrogens is 226 g/mol. The summed E-state index contributed by atoms with van der Waals surface area (Å²) < 4.78 is 5.30. The first-order valence-electron chi connectivity index (χ1n) is 5.48. The summed E-state index contributed by atoms with van der Waals surface area (Å²) in [6.07, 6.45) is 4.31. The Labute approximate surface area is 98.4 Å². The van der Waals surface area contributed by atoms with Crippen LogP contribution in [-0.4, -0.2) is 33.0 Å². The quantitative estimate of drug-likeness (QED) is 0.627. The Morgan fingerprint density at radius 2 is 2.56 bits per heavy atom. The van der Waals surface area contributed by atoms with Crippen LogP contribution in [0.25, 0.3) is 0 Å². The van der Waals surface area contributed by atoms with Crippen molar-refractivity contribution in [3.05, 3.63) is 6.33 Å². The van der Waals surface area contributed by atoms with Crippen molar-refractivity contribution in [2.24, 2.45) is 5.92 Å². The van der Waals surface area contributed by atoms with E-state index < -0.39 is 0 Å². The zero-order valence-electron chi connectivity index (χ0n) is 9.18. The molecule has 6 heteroatoms. The van der Waals surface area contributed by atoms with E-state index in [9.17, 15) is 4.79 Å². The fraction of sp³-hybridized carbons (Fsp3) is 0.700. The van der Waals surface area contributed by atoms with Crippen LogP contribution in [0.4, 0.5) is 0 Å². The average molecular weight is 241 g/mol. The van der Waals surface area contributed by atoms with Crippen molar-refractivity contribution in [3.63, 3.8) is 0 Å². The molecule has 1 N–H and O–H groups in total. The van der Waals surface area contributed by atoms with Gasteiger partial charge in [0.25, 0.3) is 0 Å². The fourth-order valence-corrected chi connectivity index (χ4v) is 2.63. The van der Waals surface area contributed by atoms with Crippen LogP contribution in [0.15, 0.2) is 11.5 Å². The summed E-state index contributed by atoms with van der Waals surface area (Å²) in [6, 6.07) is 0. The van der Waals surface area contributed by atoms with Crippen LogP contribution in [0.2, 0.25) is 0 Å². The van der Waals surface area contributed by atoms with Crippen molar-refractivity contribution in [2.45, 2.75) is 37.4 Å². The average Bonchev–Trinajstić information content (AvgIpc) is 2.87. The molecule has 0 bridgehead atoms. The van der Waals surface area contributed by atoms with Crippen LogP contribution < -0.4 is 0 Å². The topological polar surface area (TPSA) is 67.9 Å². The number of H-pyrrole nitrogens is 1. The fourth-order valence-electron chi connectivity index (χ4n) is 1.84. The minimum absolute atomic E-state index is 0.0270. The zero-order chi connectivity index (χ0) is 11.4. The molecule has 0 saturated carbocycles. The lowest BCUT2D eigenvalue weighted by Gasteiger charge is -2.06. The van der Waals surface area contributed by atoms with E-state index in [2.05, 4.69) is 22.1 Å². The summed E-state index contributed by atoms with van der Waals surface area (Å²) in [5, 5.41) is 7.31. The van der Waals surface area contributed by atoms with Gasteiger partial charge in [-0.3, -0.25) is 9.89 Å². The van der Waals surface area contributed by atoms with Gasteiger partial charge in [0.2, 0.25) is 0 Å². The number of esters is 1. The van der Waals surface area contributed by atoms with E-state index in [1.807, 2.05) is 0 Å². The first kappa shape index (κ1) is 11.4. The summed E-state index contributed by atoms with van der Waals surface area (Å²) in [7, 11) is 0. The zero-order valence-corrected chi connectivity index (χ0v) is 10.00. The van der Waals surface area contributed by atoms with Crippen molar-refractivity contribution in [1.82, 2.24) is 15.2 Å². The Balaban J connectivity index is 1.78. The van der Waals surface area contributed by atoms with Gasteiger partial charge in [0.1, 0.15) is 12.4 Å². The number of nitrogens with zero attached hydrogens (tertiary/aromatic N) is 2. The minimum Gasteiger partial charge on any atom is -0.461 e. The summed E-state index contributed by atoms with van der Waals surface area (Å²) in [5.74, 6) is 0.816. The number of carbonyl (C=O) groups excluding carboxylic acids is 1. The summed E-state index contributed by atoms with van der Waals surface area (Å²) >= 11 is 1.54. The van der Waals surface area contributed by atoms with E-state index in [1.165, 1.54) is 6.33 Å². The second-order valence-electron chi connectivity index (χ2n) is 3.88. The molecule has 88 valence electrons. The summed E-state index contributed by atoms with van der Waals surface area (Å²) in [4.78, 5) is 15.5. The van der Waals surface area contributed by atoms with Crippen molar-refractivity contribution < 1.29 is 9.53 Å². The van der Waals surface area contributed by atoms with Crippen LogP contribution in [0, 0.1) is 5.92 Å². The highest BCUT2D eigenvalue weighted by Crippen LogP contribution is 2.28. The van der Waals surface area contributed by atoms with Gasteiger partial charge in [0, 0.05) is 5.75 Å². The first-order chi connectivity index (χ1) is 7.79. The first-order valence-corrected chi connectivity index (χ1v) is 6.46. The monoisotopic (exact) mass is 241 g/mol. The number of nitrogens with one attached hydrogen (secondary N) is 1. The van der Waals surface area contributed by atoms with E-state index in [-0.39, 0.29) is 18.0 Å². The van der Waals surface area contributed by atoms with Gasteiger partial charge in [-0.05, 0) is 12.8 Å². The van der Waals surface area contributed by atoms with Crippen LogP contribution in [-0.2, 0) is 9.53 Å². The number of rotatable bonds is 5. The van der Waals surface area contributed by atoms with E-state index in [0.717, 1.165) is 30.2 Å². The third-order valence-corrected chi connectivity index (χ3v) is 3.61. The highest BCUT2D eigenvalue weighted by molar-refractivity contribution is 7.99. The number of hydrogen-bond acceptors (Lipinski definition) is 5. The lowest BCUT2D eigenvalue weighted by Crippen LogP contribution is -2.09. The molecule has 2 heterocycles. The Morgan fingerprint density at radius 1 is 1.69 bits per heavy atom. The largest absolute Gasteiger partial charge is 0.461 e. The predicted molar refractivity (Wildman–Crippen MR) is 60.0 cm³/mol. The number of hydrogen-bond donors (Lipinski definition) is 1. The van der Waals surface area contributed by atoms with Crippen molar-refractivity contribution in [1.29, 1.82) is 0 Å². The Bertz CT molecular complexity index is 342. The SMILES string of the molecule is CCC[C@@H]1C[C@@H](CSc2ncn[nH]2)OC1=O. The Hall–Kier alpha value is -1.04. The van der Waals surface area contributed by atoms with Gasteiger partial charge in [0.05, 0.1) is 5.92 Å². The molecule has 1 aromatic rings. The number of cyclic esters (lactones) is 1. The molecule has 1 aromatic heterocycles. The van der Waals surface area contributed by atoms with Crippen molar-refractivity contribution in [2.75, 3.05) is 5.75 Å². The predicted octanol–water partition coefficient (Wildman–Crippen LogP) is 1.63. The second-order valence-corrected chi connectivity index (χ2v) is 4.89. The van der Waals surface area contributed by atoms with Crippen molar-refractivity contribution >= 4 is 17.7 Å². The molecule has 5 nitrogen and oxygen atoms in total. The smallest absolute Gasteiger partial charge is 0.309 e. The maximum atomic E-state index is 11.5. The van der Waals surface area contributed by atoms with Gasteiger partial charge in [-0.15, -0.1) is 0 Å². The number of ether oxygens (including phenoxy) is 1. The molecule has 0 unspecified atom stereocenters. The molecule has 1 aliphatic heterocycles. The molecule has 2 rings (SSSR count). The van der Waals surface area contributed by atoms with E-state index >= 15 is 0 Å². The standard InChI is InChI=1S/C10H15N3O2S/c1-2-3-7-4-8(15-9(7)14)5-16-10-11-6-12-13-10/h6-8H,2-5H2,1H3,(H,11,12,13)/t7-,8+/m1/s1. The van der Waals surface area contributed by atoms with E-state index in [0.29, 0.717) is 0 Å². The molecule has 2 atom stereocenters. The lowest BCUT2D eigenvalue weighted by molar-refractivity contribution is -0.143. The Morgan fingerprint density at radius 3 is 3.25 bits per heavy atom. The van der Waals surface area contributed by atoms with Crippen LogP contribution in [0.5, 0.6) is 0 Å². The number of thioether (sulfide) groups is 1. The van der Waals surface area contributed by atoms with Gasteiger partial charge in [0.15, 0.2) is 5.16 Å². The summed E-state index contributed by atoms with van der Waals surface area (Å²) in [6.45, 7) is 2.09. The van der Waals surface area contributed by atoms with Gasteiger partial charge >= 0.3 is 5.97 Å². The van der Waals surface area contributed by atoms with Crippen LogP contribution in [0.3, 0.4) is 0 Å². The maximum Gasteiger partial charge on any atom is 0.309 e. The molecule has 16 heavy (non-hydrogen) atoms. The molecule has 0 radical (unpaired) electrons. The van der Waals surface area contributed by atoms with Crippen molar-refractivity contribution in [3.8, 4) is 0 Å². The second kappa shape index (κ2) is 5.34. The van der Waals surface area contributed by atoms with Gasteiger partial charge in [-0.1, -0.05) is 25.1 Å². The highest BCUT2D eigenvalue weighted by Gasteiger charge is 2.33. The highest BCUT2D eigenvalue weighted by atomic mass is 32.2. The number of aromatic nitrogens is 3. The molecule has 0 aromatic carbocycles. The molecule has 1 saturated heterocycles. The Kier molecular flexibility index (Phi) is 3.82. The van der Waals surface area contributed by atoms with E-state index in [1.54, 1.807) is 11.8 Å². The lowest BCUT2D eigenvalue weighted by atomic mass is 10.0. The molecular formula is C10H15N3O2S. The van der Waals surface area contributed by atoms with Gasteiger partial charge < -0.3 is 4.74 Å². The molecule has 1 fully saturated rings.